The van der Waals surface area contributed by atoms with Gasteiger partial charge in [-0.05, 0) is 80.4 Å². The van der Waals surface area contributed by atoms with Gasteiger partial charge in [-0.3, -0.25) is 4.90 Å². The Labute approximate surface area is 275 Å². The number of rotatable bonds is 10. The zero-order valence-electron chi connectivity index (χ0n) is 26.3. The molecule has 1 unspecified atom stereocenters. The second kappa shape index (κ2) is 14.3. The van der Waals surface area contributed by atoms with Crippen molar-refractivity contribution in [2.45, 2.75) is 58.0 Å². The number of nitrogens with one attached hydrogen (secondary N) is 2. The van der Waals surface area contributed by atoms with Crippen LogP contribution in [0.1, 0.15) is 37.8 Å². The summed E-state index contributed by atoms with van der Waals surface area (Å²) >= 11 is 3.39. The van der Waals surface area contributed by atoms with Gasteiger partial charge in [0.05, 0.1) is 15.8 Å². The van der Waals surface area contributed by atoms with Crippen LogP contribution in [0.25, 0.3) is 0 Å². The molecule has 9 nitrogen and oxygen atoms in total. The third-order valence-electron chi connectivity index (χ3n) is 8.48. The van der Waals surface area contributed by atoms with E-state index in [0.717, 1.165) is 63.4 Å². The molecule has 2 saturated heterocycles. The van der Waals surface area contributed by atoms with E-state index in [9.17, 15) is 22.7 Å². The minimum atomic E-state index is -3.34. The van der Waals surface area contributed by atoms with Crippen molar-refractivity contribution in [1.29, 1.82) is 0 Å². The van der Waals surface area contributed by atoms with Crippen molar-refractivity contribution >= 4 is 44.8 Å². The summed E-state index contributed by atoms with van der Waals surface area (Å²) in [6, 6.07) is 7.74. The van der Waals surface area contributed by atoms with Crippen LogP contribution in [0.3, 0.4) is 0 Å². The molecule has 250 valence electrons. The highest BCUT2D eigenvalue weighted by Gasteiger charge is 2.29. The molecule has 3 heterocycles. The van der Waals surface area contributed by atoms with E-state index in [0.29, 0.717) is 16.1 Å². The van der Waals surface area contributed by atoms with E-state index in [1.807, 2.05) is 6.92 Å². The predicted molar refractivity (Wildman–Crippen MR) is 175 cm³/mol. The van der Waals surface area contributed by atoms with Crippen molar-refractivity contribution in [2.75, 3.05) is 61.8 Å². The van der Waals surface area contributed by atoms with Crippen molar-refractivity contribution in [2.24, 2.45) is 0 Å². The molecule has 2 aliphatic heterocycles. The largest absolute Gasteiger partial charge is 0.452 e. The average molecular weight is 711 g/mol. The second-order valence-corrected chi connectivity index (χ2v) is 13.2. The maximum Gasteiger partial charge on any atom is 0.304 e. The molecule has 0 saturated carbocycles. The monoisotopic (exact) mass is 709 g/mol. The van der Waals surface area contributed by atoms with E-state index in [-0.39, 0.29) is 28.9 Å². The number of piperidine rings is 1. The summed E-state index contributed by atoms with van der Waals surface area (Å²) in [6.07, 6.45) is -2.80. The first-order chi connectivity index (χ1) is 21.8. The molecular formula is C32H40BrF4N7O2. The fourth-order valence-corrected chi connectivity index (χ4v) is 6.25. The first-order valence-electron chi connectivity index (χ1n) is 15.3. The van der Waals surface area contributed by atoms with Gasteiger partial charge in [0, 0.05) is 74.5 Å². The minimum Gasteiger partial charge on any atom is -0.452 e. The van der Waals surface area contributed by atoms with Gasteiger partial charge in [-0.2, -0.15) is 9.37 Å². The molecule has 46 heavy (non-hydrogen) atoms. The van der Waals surface area contributed by atoms with Gasteiger partial charge in [0.2, 0.25) is 5.95 Å². The predicted octanol–water partition coefficient (Wildman–Crippen LogP) is 6.56. The molecule has 3 aromatic rings. The number of aryl methyl sites for hydroxylation is 1. The highest BCUT2D eigenvalue weighted by atomic mass is 79.9. The van der Waals surface area contributed by atoms with Crippen molar-refractivity contribution < 1.29 is 27.4 Å². The van der Waals surface area contributed by atoms with E-state index in [2.05, 4.69) is 58.3 Å². The SMILES string of the molecule is Cc1cc(Nc2ncc(Br)c(Nc3cc(F)ccc3C(C)(C)O)n2)c(OC(F)C(F)F)cc1N1CCC(N2CCN(C)CC2)CC1. The van der Waals surface area contributed by atoms with Gasteiger partial charge in [0.15, 0.2) is 0 Å². The van der Waals surface area contributed by atoms with Crippen LogP contribution in [-0.4, -0.2) is 90.0 Å². The molecule has 1 aromatic heterocycles. The van der Waals surface area contributed by atoms with Crippen LogP contribution in [0.4, 0.5) is 46.4 Å². The lowest BCUT2D eigenvalue weighted by Crippen LogP contribution is -2.52. The molecule has 1 atom stereocenters. The number of aromatic nitrogens is 2. The number of nitrogens with zero attached hydrogens (tertiary/aromatic N) is 5. The summed E-state index contributed by atoms with van der Waals surface area (Å²) in [6.45, 7) is 10.8. The number of ether oxygens (including phenoxy) is 1. The number of anilines is 5. The van der Waals surface area contributed by atoms with Gasteiger partial charge >= 0.3 is 6.43 Å². The lowest BCUT2D eigenvalue weighted by molar-refractivity contribution is -0.0665. The lowest BCUT2D eigenvalue weighted by Gasteiger charge is -2.43. The maximum atomic E-state index is 14.3. The molecule has 2 aliphatic rings. The van der Waals surface area contributed by atoms with Gasteiger partial charge in [0.25, 0.3) is 6.36 Å². The Balaban J connectivity index is 1.38. The zero-order chi connectivity index (χ0) is 33.2. The van der Waals surface area contributed by atoms with Crippen LogP contribution >= 0.6 is 15.9 Å². The lowest BCUT2D eigenvalue weighted by atomic mass is 9.96. The summed E-state index contributed by atoms with van der Waals surface area (Å²) in [5, 5.41) is 16.6. The van der Waals surface area contributed by atoms with Crippen molar-refractivity contribution in [3.8, 4) is 5.75 Å². The molecule has 0 aliphatic carbocycles. The third kappa shape index (κ3) is 8.20. The fraction of sp³-hybridized carbons (Fsp3) is 0.500. The number of aliphatic hydroxyl groups is 1. The van der Waals surface area contributed by atoms with Crippen LogP contribution < -0.4 is 20.3 Å². The molecule has 2 aromatic carbocycles. The van der Waals surface area contributed by atoms with Gasteiger partial charge < -0.3 is 30.3 Å². The first kappa shape index (κ1) is 34.1. The Morgan fingerprint density at radius 1 is 1.00 bits per heavy atom. The molecule has 14 heteroatoms. The van der Waals surface area contributed by atoms with Gasteiger partial charge in [-0.15, -0.1) is 0 Å². The van der Waals surface area contributed by atoms with E-state index < -0.39 is 24.2 Å². The summed E-state index contributed by atoms with van der Waals surface area (Å²) in [5.41, 5.74) is 1.26. The van der Waals surface area contributed by atoms with Crippen LogP contribution in [0.2, 0.25) is 0 Å². The van der Waals surface area contributed by atoms with Crippen LogP contribution in [0, 0.1) is 12.7 Å². The molecule has 5 rings (SSSR count). The highest BCUT2D eigenvalue weighted by molar-refractivity contribution is 9.10. The highest BCUT2D eigenvalue weighted by Crippen LogP contribution is 2.38. The number of halogens is 5. The minimum absolute atomic E-state index is 0.0457. The van der Waals surface area contributed by atoms with Crippen molar-refractivity contribution in [1.82, 2.24) is 19.8 Å². The molecule has 0 bridgehead atoms. The topological polar surface area (TPSA) is 89.0 Å². The summed E-state index contributed by atoms with van der Waals surface area (Å²) < 4.78 is 60.6. The van der Waals surface area contributed by atoms with Gasteiger partial charge in [-0.1, -0.05) is 6.07 Å². The van der Waals surface area contributed by atoms with Crippen LogP contribution in [0.15, 0.2) is 41.0 Å². The van der Waals surface area contributed by atoms with Crippen LogP contribution in [0.5, 0.6) is 5.75 Å². The molecule has 3 N–H and O–H groups in total. The summed E-state index contributed by atoms with van der Waals surface area (Å²) in [7, 11) is 2.14. The summed E-state index contributed by atoms with van der Waals surface area (Å²) in [4.78, 5) is 15.8. The Morgan fingerprint density at radius 3 is 2.35 bits per heavy atom. The smallest absolute Gasteiger partial charge is 0.304 e. The number of hydrogen-bond acceptors (Lipinski definition) is 9. The normalized spacial score (nSPS) is 17.8. The number of hydrogen-bond donors (Lipinski definition) is 3. The van der Waals surface area contributed by atoms with E-state index >= 15 is 0 Å². The zero-order valence-corrected chi connectivity index (χ0v) is 27.9. The number of alkyl halides is 3. The quantitative estimate of drug-likeness (QED) is 0.203. The Morgan fingerprint density at radius 2 is 1.70 bits per heavy atom. The van der Waals surface area contributed by atoms with E-state index in [1.165, 1.54) is 24.4 Å². The fourth-order valence-electron chi connectivity index (χ4n) is 5.96. The van der Waals surface area contributed by atoms with Gasteiger partial charge in [-0.25, -0.2) is 18.2 Å². The summed E-state index contributed by atoms with van der Waals surface area (Å²) in [5.74, 6) is -0.335. The number of benzene rings is 2. The third-order valence-corrected chi connectivity index (χ3v) is 9.06. The molecule has 2 fully saturated rings. The second-order valence-electron chi connectivity index (χ2n) is 12.4. The van der Waals surface area contributed by atoms with Gasteiger partial charge in [0.1, 0.15) is 17.4 Å². The average Bonchev–Trinajstić information content (AvgIpc) is 3.00. The number of piperazine rings is 1. The molecule has 0 spiro atoms. The first-order valence-corrected chi connectivity index (χ1v) is 16.1. The maximum absolute atomic E-state index is 14.3. The number of likely N-dealkylation sites (N-methyl/N-ethyl adjacent to an activating group) is 1. The molecule has 0 radical (unpaired) electrons. The molecular weight excluding hydrogens is 670 g/mol. The van der Waals surface area contributed by atoms with E-state index in [4.69, 9.17) is 4.74 Å². The van der Waals surface area contributed by atoms with Crippen molar-refractivity contribution in [3.63, 3.8) is 0 Å². The van der Waals surface area contributed by atoms with Crippen molar-refractivity contribution in [3.05, 3.63) is 57.9 Å². The standard InChI is InChI=1S/C32H40BrF4N7O2/c1-19-15-25(40-31-38-18-23(33)30(41-31)39-24-16-20(34)5-6-22(24)32(2,3)45)27(46-29(37)28(35)36)17-26(19)44-9-7-21(8-10-44)43-13-11-42(4)12-14-43/h5-6,15-18,21,28-29,45H,7-14H2,1-4H3,(H2,38,39,40,41). The Bertz CT molecular complexity index is 1510. The Hall–Kier alpha value is -3.20. The van der Waals surface area contributed by atoms with Crippen LogP contribution in [-0.2, 0) is 5.60 Å². The Kier molecular flexibility index (Phi) is 10.6. The van der Waals surface area contributed by atoms with E-state index in [1.54, 1.807) is 26.0 Å². The molecule has 0 amide bonds.